The first-order chi connectivity index (χ1) is 15.8. The minimum Gasteiger partial charge on any atom is -0.444 e. The highest BCUT2D eigenvalue weighted by Gasteiger charge is 2.31. The van der Waals surface area contributed by atoms with Crippen molar-refractivity contribution in [3.8, 4) is 0 Å². The molecule has 0 heterocycles. The van der Waals surface area contributed by atoms with E-state index in [1.807, 2.05) is 51.1 Å². The van der Waals surface area contributed by atoms with Crippen LogP contribution < -0.4 is 11.1 Å². The van der Waals surface area contributed by atoms with E-state index in [1.165, 1.54) is 4.31 Å². The second-order valence-corrected chi connectivity index (χ2v) is 12.1. The van der Waals surface area contributed by atoms with Crippen LogP contribution in [0.4, 0.5) is 4.79 Å². The van der Waals surface area contributed by atoms with Crippen LogP contribution in [0.1, 0.15) is 45.7 Å². The van der Waals surface area contributed by atoms with Gasteiger partial charge in [0.1, 0.15) is 5.60 Å². The summed E-state index contributed by atoms with van der Waals surface area (Å²) in [6.45, 7) is 11.6. The Bertz CT molecular complexity index is 1020. The molecule has 3 N–H and O–H groups in total. The molecule has 1 amide bonds. The summed E-state index contributed by atoms with van der Waals surface area (Å²) in [5, 5.41) is 2.87. The van der Waals surface area contributed by atoms with Gasteiger partial charge in [0.2, 0.25) is 10.0 Å². The topological polar surface area (TPSA) is 102 Å². The van der Waals surface area contributed by atoms with Gasteiger partial charge in [-0.2, -0.15) is 4.31 Å². The van der Waals surface area contributed by atoms with Crippen molar-refractivity contribution in [2.75, 3.05) is 13.1 Å². The Labute approximate surface area is 204 Å². The van der Waals surface area contributed by atoms with Gasteiger partial charge in [0.25, 0.3) is 0 Å². The van der Waals surface area contributed by atoms with Crippen molar-refractivity contribution in [3.05, 3.63) is 65.7 Å². The molecular formula is C26H39N3O4S. The molecule has 8 heteroatoms. The molecule has 0 unspecified atom stereocenters. The van der Waals surface area contributed by atoms with E-state index in [2.05, 4.69) is 5.32 Å². The lowest BCUT2D eigenvalue weighted by atomic mass is 9.99. The summed E-state index contributed by atoms with van der Waals surface area (Å²) >= 11 is 0. The first-order valence-electron chi connectivity index (χ1n) is 11.6. The molecular weight excluding hydrogens is 450 g/mol. The van der Waals surface area contributed by atoms with Crippen molar-refractivity contribution >= 4 is 16.1 Å². The highest BCUT2D eigenvalue weighted by atomic mass is 32.2. The summed E-state index contributed by atoms with van der Waals surface area (Å²) in [7, 11) is -3.76. The molecule has 0 saturated heterocycles. The molecule has 0 spiro atoms. The zero-order valence-corrected chi connectivity index (χ0v) is 21.9. The van der Waals surface area contributed by atoms with Crippen molar-refractivity contribution in [1.82, 2.24) is 9.62 Å². The van der Waals surface area contributed by atoms with Crippen molar-refractivity contribution in [2.45, 2.75) is 70.5 Å². The van der Waals surface area contributed by atoms with Crippen LogP contribution in [0.3, 0.4) is 0 Å². The third-order valence-corrected chi connectivity index (χ3v) is 7.01. The molecule has 2 atom stereocenters. The van der Waals surface area contributed by atoms with Crippen LogP contribution in [0.2, 0.25) is 0 Å². The molecule has 0 saturated carbocycles. The number of hydrogen-bond acceptors (Lipinski definition) is 5. The van der Waals surface area contributed by atoms with Gasteiger partial charge in [-0.05, 0) is 57.7 Å². The third-order valence-electron chi connectivity index (χ3n) is 5.16. The number of hydrogen-bond donors (Lipinski definition) is 2. The molecule has 0 bridgehead atoms. The lowest BCUT2D eigenvalue weighted by Crippen LogP contribution is -2.55. The van der Waals surface area contributed by atoms with Crippen molar-refractivity contribution in [1.29, 1.82) is 0 Å². The molecule has 0 aliphatic heterocycles. The molecule has 7 nitrogen and oxygen atoms in total. The maximum atomic E-state index is 13.5. The first-order valence-corrected chi connectivity index (χ1v) is 13.1. The van der Waals surface area contributed by atoms with Crippen LogP contribution in [0.15, 0.2) is 59.5 Å². The summed E-state index contributed by atoms with van der Waals surface area (Å²) in [6, 6.07) is 15.2. The Kier molecular flexibility index (Phi) is 9.67. The summed E-state index contributed by atoms with van der Waals surface area (Å²) in [5.74, 6) is 0.0961. The second-order valence-electron chi connectivity index (χ2n) is 10.1. The van der Waals surface area contributed by atoms with E-state index in [9.17, 15) is 13.2 Å². The molecule has 2 aromatic rings. The van der Waals surface area contributed by atoms with Gasteiger partial charge >= 0.3 is 6.09 Å². The predicted molar refractivity (Wildman–Crippen MR) is 136 cm³/mol. The van der Waals surface area contributed by atoms with Gasteiger partial charge in [-0.25, -0.2) is 13.2 Å². The fraction of sp³-hybridized carbons (Fsp3) is 0.500. The van der Waals surface area contributed by atoms with Gasteiger partial charge in [0.15, 0.2) is 0 Å². The summed E-state index contributed by atoms with van der Waals surface area (Å²) in [4.78, 5) is 12.8. The zero-order chi connectivity index (χ0) is 25.5. The number of sulfonamides is 1. The number of nitrogens with zero attached hydrogens (tertiary/aromatic N) is 1. The molecule has 34 heavy (non-hydrogen) atoms. The van der Waals surface area contributed by atoms with E-state index in [0.717, 1.165) is 11.1 Å². The van der Waals surface area contributed by atoms with Crippen LogP contribution in [0, 0.1) is 12.8 Å². The number of alkyl carbamates (subject to hydrolysis) is 1. The Morgan fingerprint density at radius 2 is 1.62 bits per heavy atom. The van der Waals surface area contributed by atoms with Crippen LogP contribution in [-0.4, -0.2) is 49.6 Å². The molecule has 2 rings (SSSR count). The van der Waals surface area contributed by atoms with Crippen molar-refractivity contribution in [2.24, 2.45) is 11.7 Å². The number of benzene rings is 2. The second kappa shape index (κ2) is 11.8. The fourth-order valence-electron chi connectivity index (χ4n) is 3.54. The molecule has 0 aromatic heterocycles. The predicted octanol–water partition coefficient (Wildman–Crippen LogP) is 4.11. The highest BCUT2D eigenvalue weighted by Crippen LogP contribution is 2.19. The molecule has 2 aromatic carbocycles. The maximum absolute atomic E-state index is 13.5. The molecule has 0 aliphatic rings. The minimum absolute atomic E-state index is 0.0572. The van der Waals surface area contributed by atoms with Gasteiger partial charge in [-0.15, -0.1) is 0 Å². The normalized spacial score (nSPS) is 14.1. The van der Waals surface area contributed by atoms with Gasteiger partial charge in [-0.3, -0.25) is 0 Å². The standard InChI is InChI=1S/C26H39N3O4S/c1-19(2)17-29(34(31,32)22-14-12-20(3)13-15-22)18-23(27)24(16-21-10-8-7-9-11-21)28-25(30)33-26(4,5)6/h7-15,19,23-24H,16-18,27H2,1-6H3,(H,28,30)/t23-,24+/m1/s1. The van der Waals surface area contributed by atoms with Crippen LogP contribution in [-0.2, 0) is 21.2 Å². The Hall–Kier alpha value is -2.42. The van der Waals surface area contributed by atoms with Gasteiger partial charge < -0.3 is 15.8 Å². The van der Waals surface area contributed by atoms with Crippen molar-refractivity contribution < 1.29 is 17.9 Å². The largest absolute Gasteiger partial charge is 0.444 e. The maximum Gasteiger partial charge on any atom is 0.407 e. The molecule has 0 aliphatic carbocycles. The van der Waals surface area contributed by atoms with E-state index in [0.29, 0.717) is 13.0 Å². The van der Waals surface area contributed by atoms with Gasteiger partial charge in [0.05, 0.1) is 10.9 Å². The Morgan fingerprint density at radius 3 is 2.15 bits per heavy atom. The SMILES string of the molecule is Cc1ccc(S(=O)(=O)N(CC(C)C)C[C@@H](N)[C@H](Cc2ccccc2)NC(=O)OC(C)(C)C)cc1. The first kappa shape index (κ1) is 27.8. The number of amides is 1. The number of carbonyl (C=O) groups excluding carboxylic acids is 1. The lowest BCUT2D eigenvalue weighted by Gasteiger charge is -2.32. The summed E-state index contributed by atoms with van der Waals surface area (Å²) in [5.41, 5.74) is 7.88. The average molecular weight is 490 g/mol. The van der Waals surface area contributed by atoms with Crippen LogP contribution in [0.5, 0.6) is 0 Å². The Morgan fingerprint density at radius 1 is 1.03 bits per heavy atom. The number of aryl methyl sites for hydroxylation is 1. The van der Waals surface area contributed by atoms with E-state index >= 15 is 0 Å². The molecule has 0 radical (unpaired) electrons. The van der Waals surface area contributed by atoms with Gasteiger partial charge in [-0.1, -0.05) is 61.9 Å². The smallest absolute Gasteiger partial charge is 0.407 e. The van der Waals surface area contributed by atoms with Crippen LogP contribution >= 0.6 is 0 Å². The van der Waals surface area contributed by atoms with E-state index in [-0.39, 0.29) is 17.4 Å². The molecule has 0 fully saturated rings. The van der Waals surface area contributed by atoms with E-state index < -0.39 is 33.8 Å². The number of nitrogens with two attached hydrogens (primary N) is 1. The minimum atomic E-state index is -3.76. The molecule has 188 valence electrons. The number of rotatable bonds is 10. The van der Waals surface area contributed by atoms with E-state index in [1.54, 1.807) is 45.0 Å². The van der Waals surface area contributed by atoms with Crippen molar-refractivity contribution in [3.63, 3.8) is 0 Å². The average Bonchev–Trinajstić information content (AvgIpc) is 2.72. The fourth-order valence-corrected chi connectivity index (χ4v) is 5.18. The zero-order valence-electron chi connectivity index (χ0n) is 21.1. The number of carbonyl (C=O) groups is 1. The number of nitrogens with one attached hydrogen (secondary N) is 1. The number of ether oxygens (including phenoxy) is 1. The summed E-state index contributed by atoms with van der Waals surface area (Å²) in [6.07, 6.45) is -0.137. The quantitative estimate of drug-likeness (QED) is 0.523. The lowest BCUT2D eigenvalue weighted by molar-refractivity contribution is 0.0494. The third kappa shape index (κ3) is 8.74. The van der Waals surface area contributed by atoms with E-state index in [4.69, 9.17) is 10.5 Å². The van der Waals surface area contributed by atoms with Crippen LogP contribution in [0.25, 0.3) is 0 Å². The monoisotopic (exact) mass is 489 g/mol. The van der Waals surface area contributed by atoms with Gasteiger partial charge in [0, 0.05) is 19.1 Å². The Balaban J connectivity index is 2.30. The summed E-state index contributed by atoms with van der Waals surface area (Å²) < 4.78 is 33.8. The highest BCUT2D eigenvalue weighted by molar-refractivity contribution is 7.89.